The first-order valence-electron chi connectivity index (χ1n) is 7.28. The molecule has 0 spiro atoms. The van der Waals surface area contributed by atoms with E-state index in [2.05, 4.69) is 20.2 Å². The molecule has 1 unspecified atom stereocenters. The topological polar surface area (TPSA) is 84.1 Å². The van der Waals surface area contributed by atoms with Crippen LogP contribution in [-0.4, -0.2) is 41.0 Å². The van der Waals surface area contributed by atoms with Crippen molar-refractivity contribution >= 4 is 11.9 Å². The zero-order valence-corrected chi connectivity index (χ0v) is 12.0. The average molecular weight is 277 g/mol. The molecule has 0 saturated carbocycles. The third kappa shape index (κ3) is 3.90. The van der Waals surface area contributed by atoms with Crippen LogP contribution in [0, 0.1) is 0 Å². The standard InChI is InChI=1S/C14H23N5O/c1-2-4-12(15)13(20)18-11-5-9-19(10-6-11)14-16-7-3-8-17-14/h3,7-8,11-12H,2,4-6,9-10,15H2,1H3,(H,18,20). The fourth-order valence-corrected chi connectivity index (χ4v) is 2.43. The van der Waals surface area contributed by atoms with Crippen molar-refractivity contribution in [1.29, 1.82) is 0 Å². The maximum atomic E-state index is 11.9. The average Bonchev–Trinajstić information content (AvgIpc) is 2.49. The lowest BCUT2D eigenvalue weighted by Crippen LogP contribution is -2.49. The fourth-order valence-electron chi connectivity index (χ4n) is 2.43. The third-order valence-corrected chi connectivity index (χ3v) is 3.61. The number of carbonyl (C=O) groups is 1. The summed E-state index contributed by atoms with van der Waals surface area (Å²) in [5.41, 5.74) is 5.82. The summed E-state index contributed by atoms with van der Waals surface area (Å²) in [5.74, 6) is 0.737. The van der Waals surface area contributed by atoms with Crippen molar-refractivity contribution in [2.75, 3.05) is 18.0 Å². The van der Waals surface area contributed by atoms with Gasteiger partial charge in [0.2, 0.25) is 11.9 Å². The number of rotatable bonds is 5. The van der Waals surface area contributed by atoms with Crippen molar-refractivity contribution in [3.05, 3.63) is 18.5 Å². The van der Waals surface area contributed by atoms with Gasteiger partial charge in [-0.2, -0.15) is 0 Å². The molecule has 2 rings (SSSR count). The first-order valence-corrected chi connectivity index (χ1v) is 7.28. The number of nitrogens with zero attached hydrogens (tertiary/aromatic N) is 3. The molecule has 1 atom stereocenters. The van der Waals surface area contributed by atoms with Crippen LogP contribution in [0.2, 0.25) is 0 Å². The zero-order valence-electron chi connectivity index (χ0n) is 12.0. The quantitative estimate of drug-likeness (QED) is 0.827. The number of hydrogen-bond acceptors (Lipinski definition) is 5. The molecule has 0 radical (unpaired) electrons. The number of nitrogens with one attached hydrogen (secondary N) is 1. The third-order valence-electron chi connectivity index (χ3n) is 3.61. The number of aromatic nitrogens is 2. The van der Waals surface area contributed by atoms with Gasteiger partial charge in [-0.15, -0.1) is 0 Å². The Morgan fingerprint density at radius 2 is 2.10 bits per heavy atom. The monoisotopic (exact) mass is 277 g/mol. The van der Waals surface area contributed by atoms with Crippen molar-refractivity contribution in [2.45, 2.75) is 44.7 Å². The van der Waals surface area contributed by atoms with Gasteiger partial charge in [0.15, 0.2) is 0 Å². The van der Waals surface area contributed by atoms with Gasteiger partial charge >= 0.3 is 0 Å². The largest absolute Gasteiger partial charge is 0.352 e. The first-order chi connectivity index (χ1) is 9.70. The molecule has 6 heteroatoms. The van der Waals surface area contributed by atoms with Gasteiger partial charge in [-0.3, -0.25) is 4.79 Å². The second-order valence-corrected chi connectivity index (χ2v) is 5.21. The molecule has 0 bridgehead atoms. The minimum absolute atomic E-state index is 0.0266. The van der Waals surface area contributed by atoms with Crippen molar-refractivity contribution in [1.82, 2.24) is 15.3 Å². The molecule has 1 aliphatic heterocycles. The number of hydrogen-bond donors (Lipinski definition) is 2. The lowest BCUT2D eigenvalue weighted by Gasteiger charge is -2.32. The van der Waals surface area contributed by atoms with Gasteiger partial charge in [-0.1, -0.05) is 13.3 Å². The maximum absolute atomic E-state index is 11.9. The molecule has 1 saturated heterocycles. The Balaban J connectivity index is 1.78. The molecule has 0 aromatic carbocycles. The maximum Gasteiger partial charge on any atom is 0.237 e. The Morgan fingerprint density at radius 3 is 2.70 bits per heavy atom. The highest BCUT2D eigenvalue weighted by atomic mass is 16.2. The molecule has 1 aromatic heterocycles. The van der Waals surface area contributed by atoms with Crippen molar-refractivity contribution in [3.63, 3.8) is 0 Å². The molecule has 2 heterocycles. The van der Waals surface area contributed by atoms with E-state index in [0.717, 1.165) is 44.7 Å². The van der Waals surface area contributed by atoms with Gasteiger partial charge in [-0.05, 0) is 25.3 Å². The van der Waals surface area contributed by atoms with Crippen LogP contribution in [0.1, 0.15) is 32.6 Å². The number of carbonyl (C=O) groups excluding carboxylic acids is 1. The molecule has 110 valence electrons. The van der Waals surface area contributed by atoms with E-state index < -0.39 is 0 Å². The number of piperidine rings is 1. The van der Waals surface area contributed by atoms with Crippen LogP contribution in [0.4, 0.5) is 5.95 Å². The van der Waals surface area contributed by atoms with Gasteiger partial charge in [0, 0.05) is 31.5 Å². The zero-order chi connectivity index (χ0) is 14.4. The van der Waals surface area contributed by atoms with Gasteiger partial charge in [0.25, 0.3) is 0 Å². The molecule has 1 amide bonds. The van der Waals surface area contributed by atoms with Crippen LogP contribution in [0.3, 0.4) is 0 Å². The fraction of sp³-hybridized carbons (Fsp3) is 0.643. The summed E-state index contributed by atoms with van der Waals surface area (Å²) >= 11 is 0. The molecule has 6 nitrogen and oxygen atoms in total. The summed E-state index contributed by atoms with van der Waals surface area (Å²) in [6, 6.07) is 1.65. The Bertz CT molecular complexity index is 417. The van der Waals surface area contributed by atoms with Crippen molar-refractivity contribution < 1.29 is 4.79 Å². The Morgan fingerprint density at radius 1 is 1.45 bits per heavy atom. The molecule has 1 aromatic rings. The lowest BCUT2D eigenvalue weighted by atomic mass is 10.0. The van der Waals surface area contributed by atoms with E-state index in [1.165, 1.54) is 0 Å². The smallest absolute Gasteiger partial charge is 0.237 e. The number of amides is 1. The predicted octanol–water partition coefficient (Wildman–Crippen LogP) is 0.689. The van der Waals surface area contributed by atoms with E-state index in [1.807, 2.05) is 13.0 Å². The number of anilines is 1. The Kier molecular flexibility index (Phi) is 5.29. The second kappa shape index (κ2) is 7.19. The predicted molar refractivity (Wildman–Crippen MR) is 78.3 cm³/mol. The normalized spacial score (nSPS) is 17.8. The molecule has 1 aliphatic rings. The Hall–Kier alpha value is -1.69. The first kappa shape index (κ1) is 14.7. The highest BCUT2D eigenvalue weighted by Crippen LogP contribution is 2.15. The van der Waals surface area contributed by atoms with Crippen LogP contribution in [0.15, 0.2) is 18.5 Å². The van der Waals surface area contributed by atoms with Crippen LogP contribution in [0.5, 0.6) is 0 Å². The lowest BCUT2D eigenvalue weighted by molar-refractivity contribution is -0.123. The molecule has 3 N–H and O–H groups in total. The molecular formula is C14H23N5O. The van der Waals surface area contributed by atoms with Gasteiger partial charge < -0.3 is 16.0 Å². The molecule has 0 aliphatic carbocycles. The summed E-state index contributed by atoms with van der Waals surface area (Å²) in [5, 5.41) is 3.04. The summed E-state index contributed by atoms with van der Waals surface area (Å²) < 4.78 is 0. The van der Waals surface area contributed by atoms with Crippen molar-refractivity contribution in [3.8, 4) is 0 Å². The highest BCUT2D eigenvalue weighted by molar-refractivity contribution is 5.81. The van der Waals surface area contributed by atoms with Crippen LogP contribution < -0.4 is 16.0 Å². The SMILES string of the molecule is CCCC(N)C(=O)NC1CCN(c2ncccn2)CC1. The van der Waals surface area contributed by atoms with E-state index in [0.29, 0.717) is 0 Å². The molecule has 1 fully saturated rings. The van der Waals surface area contributed by atoms with Crippen molar-refractivity contribution in [2.24, 2.45) is 5.73 Å². The van der Waals surface area contributed by atoms with E-state index in [1.54, 1.807) is 12.4 Å². The molecule has 20 heavy (non-hydrogen) atoms. The van der Waals surface area contributed by atoms with E-state index in [-0.39, 0.29) is 18.0 Å². The minimum atomic E-state index is -0.379. The van der Waals surface area contributed by atoms with Gasteiger partial charge in [-0.25, -0.2) is 9.97 Å². The van der Waals surface area contributed by atoms with Gasteiger partial charge in [0.1, 0.15) is 0 Å². The number of nitrogens with two attached hydrogens (primary N) is 1. The van der Waals surface area contributed by atoms with Crippen LogP contribution in [0.25, 0.3) is 0 Å². The highest BCUT2D eigenvalue weighted by Gasteiger charge is 2.23. The van der Waals surface area contributed by atoms with Crippen LogP contribution >= 0.6 is 0 Å². The van der Waals surface area contributed by atoms with Gasteiger partial charge in [0.05, 0.1) is 6.04 Å². The Labute approximate surface area is 119 Å². The minimum Gasteiger partial charge on any atom is -0.352 e. The van der Waals surface area contributed by atoms with E-state index >= 15 is 0 Å². The molecular weight excluding hydrogens is 254 g/mol. The summed E-state index contributed by atoms with van der Waals surface area (Å²) in [6.07, 6.45) is 6.98. The summed E-state index contributed by atoms with van der Waals surface area (Å²) in [4.78, 5) is 22.5. The summed E-state index contributed by atoms with van der Waals surface area (Å²) in [6.45, 7) is 3.75. The van der Waals surface area contributed by atoms with E-state index in [4.69, 9.17) is 5.73 Å². The second-order valence-electron chi connectivity index (χ2n) is 5.21. The van der Waals surface area contributed by atoms with Crippen LogP contribution in [-0.2, 0) is 4.79 Å². The summed E-state index contributed by atoms with van der Waals surface area (Å²) in [7, 11) is 0. The van der Waals surface area contributed by atoms with E-state index in [9.17, 15) is 4.79 Å².